The molecule has 0 bridgehead atoms. The Labute approximate surface area is 158 Å². The minimum absolute atomic E-state index is 0.350. The summed E-state index contributed by atoms with van der Waals surface area (Å²) in [6, 6.07) is 5.92. The van der Waals surface area contributed by atoms with Crippen molar-refractivity contribution in [1.82, 2.24) is 25.4 Å². The minimum Gasteiger partial charge on any atom is -0.359 e. The first kappa shape index (κ1) is 17.6. The van der Waals surface area contributed by atoms with Gasteiger partial charge in [0.25, 0.3) is 0 Å². The molecule has 0 aliphatic carbocycles. The van der Waals surface area contributed by atoms with E-state index in [-0.39, 0.29) is 0 Å². The van der Waals surface area contributed by atoms with Crippen LogP contribution in [0.5, 0.6) is 0 Å². The van der Waals surface area contributed by atoms with Crippen molar-refractivity contribution >= 4 is 5.82 Å². The van der Waals surface area contributed by atoms with Crippen LogP contribution in [0.25, 0.3) is 11.4 Å². The summed E-state index contributed by atoms with van der Waals surface area (Å²) < 4.78 is 5.52. The SMILES string of the molecule is CC(C)c1cc(CN(C)c2nc(-c3cccnc3)nc3c2CCNC3)on1. The van der Waals surface area contributed by atoms with Crippen LogP contribution in [0.1, 0.15) is 42.5 Å². The van der Waals surface area contributed by atoms with Gasteiger partial charge in [0.15, 0.2) is 11.6 Å². The van der Waals surface area contributed by atoms with Gasteiger partial charge >= 0.3 is 0 Å². The molecule has 4 heterocycles. The van der Waals surface area contributed by atoms with Crippen molar-refractivity contribution in [2.24, 2.45) is 0 Å². The molecule has 0 amide bonds. The molecule has 7 nitrogen and oxygen atoms in total. The molecule has 0 saturated heterocycles. The molecule has 4 rings (SSSR count). The van der Waals surface area contributed by atoms with Crippen LogP contribution >= 0.6 is 0 Å². The van der Waals surface area contributed by atoms with E-state index in [0.29, 0.717) is 18.3 Å². The fourth-order valence-electron chi connectivity index (χ4n) is 3.26. The summed E-state index contributed by atoms with van der Waals surface area (Å²) >= 11 is 0. The highest BCUT2D eigenvalue weighted by atomic mass is 16.5. The lowest BCUT2D eigenvalue weighted by Crippen LogP contribution is -2.29. The highest BCUT2D eigenvalue weighted by Gasteiger charge is 2.21. The zero-order valence-corrected chi connectivity index (χ0v) is 15.9. The Hall–Kier alpha value is -2.80. The molecule has 0 fully saturated rings. The van der Waals surface area contributed by atoms with Gasteiger partial charge in [-0.05, 0) is 31.0 Å². The molecule has 27 heavy (non-hydrogen) atoms. The Bertz CT molecular complexity index is 921. The van der Waals surface area contributed by atoms with Gasteiger partial charge in [0.1, 0.15) is 5.82 Å². The van der Waals surface area contributed by atoms with Gasteiger partial charge < -0.3 is 14.7 Å². The van der Waals surface area contributed by atoms with E-state index in [9.17, 15) is 0 Å². The number of hydrogen-bond acceptors (Lipinski definition) is 7. The molecule has 0 atom stereocenters. The zero-order valence-electron chi connectivity index (χ0n) is 15.9. The van der Waals surface area contributed by atoms with E-state index in [1.54, 1.807) is 12.4 Å². The first-order chi connectivity index (χ1) is 13.1. The van der Waals surface area contributed by atoms with Crippen LogP contribution in [0.15, 0.2) is 35.1 Å². The van der Waals surface area contributed by atoms with Crippen LogP contribution in [0.2, 0.25) is 0 Å². The topological polar surface area (TPSA) is 80.0 Å². The summed E-state index contributed by atoms with van der Waals surface area (Å²) in [5.41, 5.74) is 4.15. The lowest BCUT2D eigenvalue weighted by atomic mass is 10.1. The maximum Gasteiger partial charge on any atom is 0.163 e. The summed E-state index contributed by atoms with van der Waals surface area (Å²) in [4.78, 5) is 16.0. The second-order valence-corrected chi connectivity index (χ2v) is 7.19. The molecule has 1 aliphatic heterocycles. The maximum atomic E-state index is 5.52. The second-order valence-electron chi connectivity index (χ2n) is 7.19. The fraction of sp³-hybridized carbons (Fsp3) is 0.400. The van der Waals surface area contributed by atoms with Crippen molar-refractivity contribution < 1.29 is 4.52 Å². The van der Waals surface area contributed by atoms with Gasteiger partial charge in [0.05, 0.1) is 17.9 Å². The van der Waals surface area contributed by atoms with Crippen molar-refractivity contribution in [3.05, 3.63) is 53.3 Å². The van der Waals surface area contributed by atoms with E-state index in [1.165, 1.54) is 5.56 Å². The molecular weight excluding hydrogens is 340 g/mol. The number of hydrogen-bond donors (Lipinski definition) is 1. The highest BCUT2D eigenvalue weighted by molar-refractivity contribution is 5.60. The normalized spacial score (nSPS) is 13.6. The predicted molar refractivity (Wildman–Crippen MR) is 103 cm³/mol. The van der Waals surface area contributed by atoms with E-state index in [1.807, 2.05) is 25.2 Å². The molecule has 1 N–H and O–H groups in total. The number of aromatic nitrogens is 4. The molecule has 1 aliphatic rings. The van der Waals surface area contributed by atoms with E-state index in [2.05, 4.69) is 34.2 Å². The zero-order chi connectivity index (χ0) is 18.8. The molecule has 0 unspecified atom stereocenters. The average molecular weight is 364 g/mol. The first-order valence-corrected chi connectivity index (χ1v) is 9.29. The number of nitrogens with zero attached hydrogens (tertiary/aromatic N) is 5. The Kier molecular flexibility index (Phi) is 4.85. The van der Waals surface area contributed by atoms with Crippen molar-refractivity contribution in [1.29, 1.82) is 0 Å². The summed E-state index contributed by atoms with van der Waals surface area (Å²) in [5.74, 6) is 2.84. The molecule has 0 radical (unpaired) electrons. The molecule has 3 aromatic rings. The molecule has 0 saturated carbocycles. The van der Waals surface area contributed by atoms with Gasteiger partial charge in [0, 0.05) is 43.2 Å². The number of anilines is 1. The third-order valence-corrected chi connectivity index (χ3v) is 4.76. The number of fused-ring (bicyclic) bond motifs is 1. The third-order valence-electron chi connectivity index (χ3n) is 4.76. The number of pyridine rings is 1. The summed E-state index contributed by atoms with van der Waals surface area (Å²) in [6.45, 7) is 6.52. The smallest absolute Gasteiger partial charge is 0.163 e. The predicted octanol–water partition coefficient (Wildman–Crippen LogP) is 2.93. The highest BCUT2D eigenvalue weighted by Crippen LogP contribution is 2.28. The Morgan fingerprint density at radius 2 is 2.19 bits per heavy atom. The molecule has 7 heteroatoms. The van der Waals surface area contributed by atoms with Crippen LogP contribution < -0.4 is 10.2 Å². The Balaban J connectivity index is 1.69. The van der Waals surface area contributed by atoms with Crippen LogP contribution in [-0.2, 0) is 19.5 Å². The van der Waals surface area contributed by atoms with Crippen LogP contribution in [0.3, 0.4) is 0 Å². The van der Waals surface area contributed by atoms with E-state index >= 15 is 0 Å². The van der Waals surface area contributed by atoms with Crippen molar-refractivity contribution in [2.45, 2.75) is 39.3 Å². The maximum absolute atomic E-state index is 5.52. The van der Waals surface area contributed by atoms with Gasteiger partial charge in [0.2, 0.25) is 0 Å². The molecule has 140 valence electrons. The lowest BCUT2D eigenvalue weighted by molar-refractivity contribution is 0.374. The Morgan fingerprint density at radius 3 is 2.93 bits per heavy atom. The quantitative estimate of drug-likeness (QED) is 0.745. The van der Waals surface area contributed by atoms with E-state index in [0.717, 1.165) is 48.0 Å². The van der Waals surface area contributed by atoms with E-state index in [4.69, 9.17) is 14.5 Å². The van der Waals surface area contributed by atoms with Crippen LogP contribution in [0, 0.1) is 0 Å². The van der Waals surface area contributed by atoms with Gasteiger partial charge in [-0.2, -0.15) is 0 Å². The monoisotopic (exact) mass is 364 g/mol. The van der Waals surface area contributed by atoms with Gasteiger partial charge in [-0.1, -0.05) is 19.0 Å². The second kappa shape index (κ2) is 7.44. The molecule has 0 aromatic carbocycles. The third kappa shape index (κ3) is 3.68. The van der Waals surface area contributed by atoms with Gasteiger partial charge in [-0.25, -0.2) is 9.97 Å². The van der Waals surface area contributed by atoms with Gasteiger partial charge in [-0.15, -0.1) is 0 Å². The first-order valence-electron chi connectivity index (χ1n) is 9.29. The molecule has 3 aromatic heterocycles. The largest absolute Gasteiger partial charge is 0.359 e. The molecular formula is C20H24N6O. The number of nitrogens with one attached hydrogen (secondary N) is 1. The average Bonchev–Trinajstić information content (AvgIpc) is 3.16. The summed E-state index contributed by atoms with van der Waals surface area (Å²) in [6.07, 6.45) is 4.47. The van der Waals surface area contributed by atoms with Gasteiger partial charge in [-0.3, -0.25) is 4.98 Å². The number of rotatable bonds is 5. The van der Waals surface area contributed by atoms with Crippen molar-refractivity contribution in [2.75, 3.05) is 18.5 Å². The minimum atomic E-state index is 0.350. The Morgan fingerprint density at radius 1 is 1.30 bits per heavy atom. The van der Waals surface area contributed by atoms with Crippen molar-refractivity contribution in [3.8, 4) is 11.4 Å². The van der Waals surface area contributed by atoms with Crippen LogP contribution in [0.4, 0.5) is 5.82 Å². The molecule has 0 spiro atoms. The fourth-order valence-corrected chi connectivity index (χ4v) is 3.26. The van der Waals surface area contributed by atoms with Crippen molar-refractivity contribution in [3.63, 3.8) is 0 Å². The van der Waals surface area contributed by atoms with Crippen LogP contribution in [-0.4, -0.2) is 33.7 Å². The van der Waals surface area contributed by atoms with E-state index < -0.39 is 0 Å². The lowest BCUT2D eigenvalue weighted by Gasteiger charge is -2.25. The standard InChI is InChI=1S/C20H24N6O/c1-13(2)17-9-15(27-25-17)12-26(3)20-16-6-8-22-11-18(16)23-19(24-20)14-5-4-7-21-10-14/h4-5,7,9-10,13,22H,6,8,11-12H2,1-3H3. The summed E-state index contributed by atoms with van der Waals surface area (Å²) in [7, 11) is 2.04. The summed E-state index contributed by atoms with van der Waals surface area (Å²) in [5, 5.41) is 7.56.